The van der Waals surface area contributed by atoms with Gasteiger partial charge in [0.25, 0.3) is 0 Å². The first-order valence-corrected chi connectivity index (χ1v) is 6.49. The van der Waals surface area contributed by atoms with Gasteiger partial charge in [-0.25, -0.2) is 4.39 Å². The van der Waals surface area contributed by atoms with Crippen molar-refractivity contribution in [2.24, 2.45) is 0 Å². The molecule has 0 radical (unpaired) electrons. The van der Waals surface area contributed by atoms with Crippen LogP contribution in [-0.4, -0.2) is 45.3 Å². The van der Waals surface area contributed by atoms with Crippen LogP contribution in [0.15, 0.2) is 16.6 Å². The predicted octanol–water partition coefficient (Wildman–Crippen LogP) is 2.16. The molecule has 102 valence electrons. The van der Waals surface area contributed by atoms with Gasteiger partial charge >= 0.3 is 0 Å². The Kier molecular flexibility index (Phi) is 6.38. The number of hydrogen-bond acceptors (Lipinski definition) is 4. The SMILES string of the molecule is COCCN(C)CCNc1cc(F)c(Br)cc1N. The Bertz CT molecular complexity index is 390. The number of methoxy groups -OCH3 is 1. The molecule has 6 heteroatoms. The summed E-state index contributed by atoms with van der Waals surface area (Å²) >= 11 is 3.10. The van der Waals surface area contributed by atoms with E-state index in [2.05, 4.69) is 26.1 Å². The summed E-state index contributed by atoms with van der Waals surface area (Å²) < 4.78 is 18.7. The standard InChI is InChI=1S/C12H19BrFN3O/c1-17(5-6-18-2)4-3-16-12-8-10(14)9(13)7-11(12)15/h7-8,16H,3-6,15H2,1-2H3. The van der Waals surface area contributed by atoms with E-state index in [1.807, 2.05) is 7.05 Å². The molecule has 0 bridgehead atoms. The van der Waals surface area contributed by atoms with Crippen molar-refractivity contribution in [3.05, 3.63) is 22.4 Å². The van der Waals surface area contributed by atoms with Crippen LogP contribution >= 0.6 is 15.9 Å². The molecule has 0 aromatic heterocycles. The molecule has 0 unspecified atom stereocenters. The first-order valence-electron chi connectivity index (χ1n) is 5.70. The first kappa shape index (κ1) is 15.2. The summed E-state index contributed by atoms with van der Waals surface area (Å²) in [6, 6.07) is 2.96. The van der Waals surface area contributed by atoms with Crippen LogP contribution in [0.2, 0.25) is 0 Å². The molecule has 0 aliphatic heterocycles. The van der Waals surface area contributed by atoms with Crippen molar-refractivity contribution in [1.29, 1.82) is 0 Å². The molecule has 0 spiro atoms. The number of nitrogens with one attached hydrogen (secondary N) is 1. The Balaban J connectivity index is 2.42. The van der Waals surface area contributed by atoms with Crippen LogP contribution in [0.3, 0.4) is 0 Å². The normalized spacial score (nSPS) is 10.9. The summed E-state index contributed by atoms with van der Waals surface area (Å²) in [6.45, 7) is 3.10. The zero-order chi connectivity index (χ0) is 13.5. The highest BCUT2D eigenvalue weighted by Crippen LogP contribution is 2.26. The molecule has 3 N–H and O–H groups in total. The summed E-state index contributed by atoms with van der Waals surface area (Å²) in [7, 11) is 3.68. The zero-order valence-electron chi connectivity index (χ0n) is 10.7. The molecule has 0 saturated carbocycles. The van der Waals surface area contributed by atoms with Crippen molar-refractivity contribution in [3.63, 3.8) is 0 Å². The van der Waals surface area contributed by atoms with E-state index in [-0.39, 0.29) is 5.82 Å². The minimum Gasteiger partial charge on any atom is -0.397 e. The minimum absolute atomic E-state index is 0.320. The molecular formula is C12H19BrFN3O. The lowest BCUT2D eigenvalue weighted by Gasteiger charge is -2.17. The third kappa shape index (κ3) is 4.80. The number of halogens is 2. The Morgan fingerprint density at radius 2 is 2.17 bits per heavy atom. The van der Waals surface area contributed by atoms with Crippen molar-refractivity contribution in [2.45, 2.75) is 0 Å². The number of nitrogen functional groups attached to an aromatic ring is 1. The minimum atomic E-state index is -0.320. The highest BCUT2D eigenvalue weighted by molar-refractivity contribution is 9.10. The van der Waals surface area contributed by atoms with E-state index in [0.29, 0.717) is 29.0 Å². The second kappa shape index (κ2) is 7.56. The number of rotatable bonds is 7. The smallest absolute Gasteiger partial charge is 0.139 e. The summed E-state index contributed by atoms with van der Waals surface area (Å²) in [5.74, 6) is -0.320. The lowest BCUT2D eigenvalue weighted by Crippen LogP contribution is -2.28. The van der Waals surface area contributed by atoms with Gasteiger partial charge in [-0.3, -0.25) is 0 Å². The molecule has 4 nitrogen and oxygen atoms in total. The van der Waals surface area contributed by atoms with Gasteiger partial charge in [0.2, 0.25) is 0 Å². The topological polar surface area (TPSA) is 50.5 Å². The number of hydrogen-bond donors (Lipinski definition) is 2. The lowest BCUT2D eigenvalue weighted by molar-refractivity contribution is 0.163. The van der Waals surface area contributed by atoms with Gasteiger partial charge in [-0.05, 0) is 29.0 Å². The maximum atomic E-state index is 13.3. The average Bonchev–Trinajstić information content (AvgIpc) is 2.33. The first-order chi connectivity index (χ1) is 8.54. The molecule has 0 saturated heterocycles. The Morgan fingerprint density at radius 1 is 1.44 bits per heavy atom. The quantitative estimate of drug-likeness (QED) is 0.756. The van der Waals surface area contributed by atoms with E-state index < -0.39 is 0 Å². The molecule has 18 heavy (non-hydrogen) atoms. The van der Waals surface area contributed by atoms with Crippen LogP contribution in [0.25, 0.3) is 0 Å². The van der Waals surface area contributed by atoms with Crippen LogP contribution in [0.4, 0.5) is 15.8 Å². The van der Waals surface area contributed by atoms with Gasteiger partial charge in [-0.1, -0.05) is 0 Å². The third-order valence-electron chi connectivity index (χ3n) is 2.58. The van der Waals surface area contributed by atoms with E-state index in [0.717, 1.165) is 13.1 Å². The number of likely N-dealkylation sites (N-methyl/N-ethyl adjacent to an activating group) is 1. The average molecular weight is 320 g/mol. The number of ether oxygens (including phenoxy) is 1. The van der Waals surface area contributed by atoms with Crippen LogP contribution in [-0.2, 0) is 4.74 Å². The van der Waals surface area contributed by atoms with Crippen molar-refractivity contribution in [2.75, 3.05) is 51.4 Å². The highest BCUT2D eigenvalue weighted by atomic mass is 79.9. The van der Waals surface area contributed by atoms with Crippen molar-refractivity contribution in [3.8, 4) is 0 Å². The summed E-state index contributed by atoms with van der Waals surface area (Å²) in [5, 5.41) is 3.12. The Morgan fingerprint density at radius 3 is 2.83 bits per heavy atom. The summed E-state index contributed by atoms with van der Waals surface area (Å²) in [6.07, 6.45) is 0. The fourth-order valence-corrected chi connectivity index (χ4v) is 1.82. The lowest BCUT2D eigenvalue weighted by atomic mass is 10.2. The van der Waals surface area contributed by atoms with Gasteiger partial charge in [0.15, 0.2) is 0 Å². The molecule has 0 amide bonds. The van der Waals surface area contributed by atoms with Gasteiger partial charge < -0.3 is 20.7 Å². The number of nitrogens with zero attached hydrogens (tertiary/aromatic N) is 1. The third-order valence-corrected chi connectivity index (χ3v) is 3.19. The highest BCUT2D eigenvalue weighted by Gasteiger charge is 2.05. The molecule has 0 heterocycles. The molecule has 1 rings (SSSR count). The van der Waals surface area contributed by atoms with Crippen molar-refractivity contribution >= 4 is 27.3 Å². The van der Waals surface area contributed by atoms with E-state index in [1.54, 1.807) is 13.2 Å². The van der Waals surface area contributed by atoms with Crippen LogP contribution in [0.5, 0.6) is 0 Å². The molecule has 0 aliphatic carbocycles. The van der Waals surface area contributed by atoms with E-state index in [9.17, 15) is 4.39 Å². The Labute approximate surface area is 115 Å². The van der Waals surface area contributed by atoms with Crippen LogP contribution in [0.1, 0.15) is 0 Å². The maximum Gasteiger partial charge on any atom is 0.139 e. The van der Waals surface area contributed by atoms with Gasteiger partial charge in [-0.2, -0.15) is 0 Å². The summed E-state index contributed by atoms with van der Waals surface area (Å²) in [5.41, 5.74) is 6.95. The fourth-order valence-electron chi connectivity index (χ4n) is 1.46. The molecule has 0 atom stereocenters. The fraction of sp³-hybridized carbons (Fsp3) is 0.500. The molecule has 0 fully saturated rings. The number of benzene rings is 1. The second-order valence-electron chi connectivity index (χ2n) is 4.08. The van der Waals surface area contributed by atoms with Gasteiger partial charge in [0, 0.05) is 32.8 Å². The zero-order valence-corrected chi connectivity index (χ0v) is 12.3. The Hall–Kier alpha value is -0.850. The predicted molar refractivity (Wildman–Crippen MR) is 76.4 cm³/mol. The second-order valence-corrected chi connectivity index (χ2v) is 4.93. The molecular weight excluding hydrogens is 301 g/mol. The van der Waals surface area contributed by atoms with Gasteiger partial charge in [-0.15, -0.1) is 0 Å². The molecule has 1 aromatic rings. The van der Waals surface area contributed by atoms with Gasteiger partial charge in [0.05, 0.1) is 22.5 Å². The van der Waals surface area contributed by atoms with E-state index in [1.165, 1.54) is 6.07 Å². The van der Waals surface area contributed by atoms with Crippen molar-refractivity contribution in [1.82, 2.24) is 4.90 Å². The summed E-state index contributed by atoms with van der Waals surface area (Å²) in [4.78, 5) is 2.13. The molecule has 0 aliphatic rings. The number of nitrogens with two attached hydrogens (primary N) is 1. The van der Waals surface area contributed by atoms with Crippen LogP contribution in [0, 0.1) is 5.82 Å². The van der Waals surface area contributed by atoms with Crippen LogP contribution < -0.4 is 11.1 Å². The largest absolute Gasteiger partial charge is 0.397 e. The van der Waals surface area contributed by atoms with Gasteiger partial charge in [0.1, 0.15) is 5.82 Å². The molecule has 1 aromatic carbocycles. The van der Waals surface area contributed by atoms with Crippen molar-refractivity contribution < 1.29 is 9.13 Å². The number of anilines is 2. The monoisotopic (exact) mass is 319 g/mol. The van der Waals surface area contributed by atoms with E-state index in [4.69, 9.17) is 10.5 Å². The maximum absolute atomic E-state index is 13.3. The van der Waals surface area contributed by atoms with E-state index >= 15 is 0 Å².